The number of aliphatic hydroxyl groups excluding tert-OH is 1. The van der Waals surface area contributed by atoms with E-state index in [0.29, 0.717) is 16.6 Å². The monoisotopic (exact) mass is 309 g/mol. The Hall–Kier alpha value is -1.06. The van der Waals surface area contributed by atoms with Gasteiger partial charge in [-0.05, 0) is 30.2 Å². The van der Waals surface area contributed by atoms with Crippen LogP contribution in [0.2, 0.25) is 10.0 Å². The van der Waals surface area contributed by atoms with E-state index in [2.05, 4.69) is 0 Å². The van der Waals surface area contributed by atoms with Crippen molar-refractivity contribution in [1.82, 2.24) is 0 Å². The van der Waals surface area contributed by atoms with Crippen LogP contribution >= 0.6 is 23.2 Å². The summed E-state index contributed by atoms with van der Waals surface area (Å²) in [6.45, 7) is 2.31. The van der Waals surface area contributed by atoms with E-state index in [-0.39, 0.29) is 5.92 Å². The molecule has 4 heteroatoms. The molecule has 0 saturated carbocycles. The minimum atomic E-state index is -0.695. The third-order valence-corrected chi connectivity index (χ3v) is 3.98. The maximum absolute atomic E-state index is 10.5. The first kappa shape index (κ1) is 15.3. The summed E-state index contributed by atoms with van der Waals surface area (Å²) in [7, 11) is 0. The summed E-state index contributed by atoms with van der Waals surface area (Å²) in [5.74, 6) is -0.262. The zero-order valence-electron chi connectivity index (χ0n) is 11.2. The van der Waals surface area contributed by atoms with Crippen LogP contribution in [0.1, 0.15) is 28.7 Å². The fourth-order valence-corrected chi connectivity index (χ4v) is 2.77. The van der Waals surface area contributed by atoms with Crippen molar-refractivity contribution in [3.63, 3.8) is 0 Å². The molecular formula is C16H17Cl2NO. The fraction of sp³-hybridized carbons (Fsp3) is 0.250. The molecule has 0 heterocycles. The van der Waals surface area contributed by atoms with Crippen LogP contribution in [0.15, 0.2) is 42.5 Å². The van der Waals surface area contributed by atoms with Gasteiger partial charge in [-0.2, -0.15) is 0 Å². The highest BCUT2D eigenvalue weighted by molar-refractivity contribution is 6.35. The second-order valence-corrected chi connectivity index (χ2v) is 5.71. The Labute approximate surface area is 129 Å². The normalized spacial score (nSPS) is 14.1. The molecule has 2 aromatic rings. The summed E-state index contributed by atoms with van der Waals surface area (Å²) >= 11 is 12.1. The molecule has 3 N–H and O–H groups in total. The van der Waals surface area contributed by atoms with E-state index >= 15 is 0 Å². The van der Waals surface area contributed by atoms with Crippen molar-refractivity contribution in [1.29, 1.82) is 0 Å². The van der Waals surface area contributed by atoms with E-state index < -0.39 is 6.10 Å². The van der Waals surface area contributed by atoms with E-state index in [4.69, 9.17) is 28.9 Å². The lowest BCUT2D eigenvalue weighted by Crippen LogP contribution is -2.20. The van der Waals surface area contributed by atoms with Crippen LogP contribution in [0.5, 0.6) is 0 Å². The lowest BCUT2D eigenvalue weighted by Gasteiger charge is -2.23. The molecule has 2 unspecified atom stereocenters. The average Bonchev–Trinajstić information content (AvgIpc) is 2.42. The second kappa shape index (κ2) is 6.59. The molecule has 0 aromatic heterocycles. The summed E-state index contributed by atoms with van der Waals surface area (Å²) in [5.41, 5.74) is 8.62. The largest absolute Gasteiger partial charge is 0.388 e. The summed E-state index contributed by atoms with van der Waals surface area (Å²) in [6.07, 6.45) is -0.695. The Morgan fingerprint density at radius 3 is 2.30 bits per heavy atom. The van der Waals surface area contributed by atoms with Crippen molar-refractivity contribution in [2.24, 2.45) is 5.73 Å². The first-order valence-electron chi connectivity index (χ1n) is 6.42. The van der Waals surface area contributed by atoms with Gasteiger partial charge in [0.25, 0.3) is 0 Å². The molecule has 0 fully saturated rings. The van der Waals surface area contributed by atoms with Crippen LogP contribution in [0, 0.1) is 6.92 Å². The zero-order valence-corrected chi connectivity index (χ0v) is 12.7. The molecule has 0 aliphatic heterocycles. The highest BCUT2D eigenvalue weighted by Crippen LogP contribution is 2.35. The maximum Gasteiger partial charge on any atom is 0.0871 e. The Morgan fingerprint density at radius 1 is 1.10 bits per heavy atom. The van der Waals surface area contributed by atoms with Crippen molar-refractivity contribution in [2.45, 2.75) is 18.9 Å². The molecule has 0 spiro atoms. The quantitative estimate of drug-likeness (QED) is 0.894. The minimum Gasteiger partial charge on any atom is -0.388 e. The van der Waals surface area contributed by atoms with Crippen molar-refractivity contribution < 1.29 is 5.11 Å². The van der Waals surface area contributed by atoms with E-state index in [1.165, 1.54) is 0 Å². The lowest BCUT2D eigenvalue weighted by atomic mass is 9.89. The molecule has 0 aliphatic carbocycles. The van der Waals surface area contributed by atoms with Crippen LogP contribution in [-0.2, 0) is 0 Å². The van der Waals surface area contributed by atoms with Gasteiger partial charge < -0.3 is 10.8 Å². The topological polar surface area (TPSA) is 46.2 Å². The third-order valence-electron chi connectivity index (χ3n) is 3.42. The Morgan fingerprint density at radius 2 is 1.75 bits per heavy atom. The second-order valence-electron chi connectivity index (χ2n) is 4.86. The Balaban J connectivity index is 2.33. The van der Waals surface area contributed by atoms with Crippen LogP contribution in [-0.4, -0.2) is 11.7 Å². The van der Waals surface area contributed by atoms with Crippen molar-refractivity contribution in [3.05, 3.63) is 69.2 Å². The molecule has 0 saturated heterocycles. The van der Waals surface area contributed by atoms with E-state index in [0.717, 1.165) is 16.7 Å². The van der Waals surface area contributed by atoms with Crippen molar-refractivity contribution >= 4 is 23.2 Å². The molecule has 106 valence electrons. The minimum absolute atomic E-state index is 0.262. The highest BCUT2D eigenvalue weighted by atomic mass is 35.5. The lowest BCUT2D eigenvalue weighted by molar-refractivity contribution is 0.147. The summed E-state index contributed by atoms with van der Waals surface area (Å²) < 4.78 is 0. The van der Waals surface area contributed by atoms with Gasteiger partial charge in [-0.15, -0.1) is 0 Å². The van der Waals surface area contributed by atoms with Gasteiger partial charge in [0, 0.05) is 22.5 Å². The van der Waals surface area contributed by atoms with Gasteiger partial charge in [0.1, 0.15) is 0 Å². The van der Waals surface area contributed by atoms with Gasteiger partial charge >= 0.3 is 0 Å². The molecule has 2 aromatic carbocycles. The smallest absolute Gasteiger partial charge is 0.0871 e. The number of hydrogen-bond donors (Lipinski definition) is 2. The number of aliphatic hydroxyl groups is 1. The average molecular weight is 310 g/mol. The van der Waals surface area contributed by atoms with Gasteiger partial charge in [0.05, 0.1) is 6.10 Å². The molecule has 0 bridgehead atoms. The van der Waals surface area contributed by atoms with Crippen molar-refractivity contribution in [2.75, 3.05) is 6.54 Å². The van der Waals surface area contributed by atoms with Gasteiger partial charge in [0.2, 0.25) is 0 Å². The molecule has 0 radical (unpaired) electrons. The first-order chi connectivity index (χ1) is 9.52. The summed E-state index contributed by atoms with van der Waals surface area (Å²) in [4.78, 5) is 0. The predicted molar refractivity (Wildman–Crippen MR) is 84.4 cm³/mol. The maximum atomic E-state index is 10.5. The third kappa shape index (κ3) is 3.33. The van der Waals surface area contributed by atoms with Crippen molar-refractivity contribution in [3.8, 4) is 0 Å². The number of rotatable bonds is 4. The van der Waals surface area contributed by atoms with Crippen LogP contribution in [0.4, 0.5) is 0 Å². The van der Waals surface area contributed by atoms with Gasteiger partial charge in [-0.25, -0.2) is 0 Å². The SMILES string of the molecule is Cc1ccc(C(O)C(CN)c2ccc(Cl)cc2Cl)cc1. The Kier molecular flexibility index (Phi) is 5.06. The van der Waals surface area contributed by atoms with Crippen LogP contribution in [0.3, 0.4) is 0 Å². The van der Waals surface area contributed by atoms with Crippen LogP contribution in [0.25, 0.3) is 0 Å². The fourth-order valence-electron chi connectivity index (χ4n) is 2.22. The van der Waals surface area contributed by atoms with E-state index in [1.54, 1.807) is 12.1 Å². The summed E-state index contributed by atoms with van der Waals surface area (Å²) in [6, 6.07) is 13.0. The Bertz CT molecular complexity index is 584. The number of nitrogens with two attached hydrogens (primary N) is 1. The number of aryl methyl sites for hydroxylation is 1. The summed E-state index contributed by atoms with van der Waals surface area (Å²) in [5, 5.41) is 11.6. The highest BCUT2D eigenvalue weighted by Gasteiger charge is 2.23. The van der Waals surface area contributed by atoms with E-state index in [9.17, 15) is 5.11 Å². The number of hydrogen-bond acceptors (Lipinski definition) is 2. The van der Waals surface area contributed by atoms with Gasteiger partial charge in [0.15, 0.2) is 0 Å². The predicted octanol–water partition coefficient (Wildman–Crippen LogP) is 4.08. The van der Waals surface area contributed by atoms with Crippen LogP contribution < -0.4 is 5.73 Å². The van der Waals surface area contributed by atoms with Gasteiger partial charge in [-0.1, -0.05) is 59.1 Å². The zero-order chi connectivity index (χ0) is 14.7. The molecule has 0 aliphatic rings. The molecule has 2 atom stereocenters. The number of halogens is 2. The number of benzene rings is 2. The molecule has 0 amide bonds. The van der Waals surface area contributed by atoms with Gasteiger partial charge in [-0.3, -0.25) is 0 Å². The molecule has 2 rings (SSSR count). The molecular weight excluding hydrogens is 293 g/mol. The molecule has 2 nitrogen and oxygen atoms in total. The first-order valence-corrected chi connectivity index (χ1v) is 7.18. The molecule has 20 heavy (non-hydrogen) atoms. The van der Waals surface area contributed by atoms with E-state index in [1.807, 2.05) is 37.3 Å². The standard InChI is InChI=1S/C16H17Cl2NO/c1-10-2-4-11(5-3-10)16(20)14(9-19)13-7-6-12(17)8-15(13)18/h2-8,14,16,20H,9,19H2,1H3.